The third kappa shape index (κ3) is 3.54. The van der Waals surface area contributed by atoms with Crippen LogP contribution < -0.4 is 0 Å². The molecule has 0 aliphatic heterocycles. The number of hydrogen-bond acceptors (Lipinski definition) is 1. The molecule has 0 saturated carbocycles. The van der Waals surface area contributed by atoms with E-state index in [1.807, 2.05) is 39.0 Å². The van der Waals surface area contributed by atoms with E-state index in [-0.39, 0.29) is 0 Å². The van der Waals surface area contributed by atoms with Gasteiger partial charge in [0.15, 0.2) is 0 Å². The molecule has 0 aliphatic carbocycles. The Morgan fingerprint density at radius 2 is 2.00 bits per heavy atom. The third-order valence-corrected chi connectivity index (χ3v) is 2.16. The van der Waals surface area contributed by atoms with Crippen molar-refractivity contribution >= 4 is 12.2 Å². The molecular weight excluding hydrogens is 196 g/mol. The maximum absolute atomic E-state index is 4.23. The number of aryl methyl sites for hydroxylation is 1. The Kier molecular flexibility index (Phi) is 6.93. The monoisotopic (exact) mass is 218 g/mol. The van der Waals surface area contributed by atoms with E-state index in [4.69, 9.17) is 0 Å². The summed E-state index contributed by atoms with van der Waals surface area (Å²) in [5.41, 5.74) is 4.26. The van der Waals surface area contributed by atoms with Crippen LogP contribution in [0.15, 0.2) is 24.8 Å². The summed E-state index contributed by atoms with van der Waals surface area (Å²) in [5, 5.41) is 7.23. The third-order valence-electron chi connectivity index (χ3n) is 2.16. The normalized spacial score (nSPS) is 10.4. The lowest BCUT2D eigenvalue weighted by molar-refractivity contribution is 0.970. The summed E-state index contributed by atoms with van der Waals surface area (Å²) >= 11 is 0. The van der Waals surface area contributed by atoms with Crippen LogP contribution in [0, 0.1) is 0 Å². The molecule has 0 aromatic carbocycles. The number of H-pyrrole nitrogens is 1. The Hall–Kier alpha value is -1.57. The molecule has 1 aromatic heterocycles. The molecule has 0 unspecified atom stereocenters. The topological polar surface area (TPSA) is 28.7 Å². The molecule has 1 rings (SSSR count). The van der Waals surface area contributed by atoms with Gasteiger partial charge in [0, 0.05) is 11.3 Å². The minimum atomic E-state index is 0.939. The van der Waals surface area contributed by atoms with Gasteiger partial charge in [0.1, 0.15) is 0 Å². The maximum Gasteiger partial charge on any atom is 0.0926 e. The summed E-state index contributed by atoms with van der Waals surface area (Å²) in [5.74, 6) is 0. The Labute approximate surface area is 98.8 Å². The van der Waals surface area contributed by atoms with Crippen LogP contribution in [0.4, 0.5) is 0 Å². The number of aromatic nitrogens is 2. The van der Waals surface area contributed by atoms with Crippen molar-refractivity contribution in [1.82, 2.24) is 10.2 Å². The van der Waals surface area contributed by atoms with E-state index in [2.05, 4.69) is 30.3 Å². The van der Waals surface area contributed by atoms with Crippen LogP contribution in [0.1, 0.15) is 44.6 Å². The molecule has 88 valence electrons. The van der Waals surface area contributed by atoms with Crippen molar-refractivity contribution in [2.75, 3.05) is 0 Å². The molecule has 0 saturated heterocycles. The summed E-state index contributed by atoms with van der Waals surface area (Å²) in [4.78, 5) is 0. The van der Waals surface area contributed by atoms with Gasteiger partial charge in [0.2, 0.25) is 0 Å². The average Bonchev–Trinajstić information content (AvgIpc) is 2.73. The van der Waals surface area contributed by atoms with Gasteiger partial charge in [-0.15, -0.1) is 0 Å². The summed E-state index contributed by atoms with van der Waals surface area (Å²) in [6.45, 7) is 15.6. The number of nitrogens with zero attached hydrogens (tertiary/aromatic N) is 1. The molecular formula is C14H22N2. The number of nitrogens with one attached hydrogen (secondary N) is 1. The van der Waals surface area contributed by atoms with Crippen molar-refractivity contribution in [3.63, 3.8) is 0 Å². The quantitative estimate of drug-likeness (QED) is 0.753. The smallest absolute Gasteiger partial charge is 0.0926 e. The van der Waals surface area contributed by atoms with Crippen molar-refractivity contribution in [2.45, 2.75) is 34.1 Å². The van der Waals surface area contributed by atoms with Crippen LogP contribution >= 0.6 is 0 Å². The second kappa shape index (κ2) is 7.69. The molecule has 16 heavy (non-hydrogen) atoms. The fourth-order valence-electron chi connectivity index (χ4n) is 1.28. The molecule has 0 fully saturated rings. The van der Waals surface area contributed by atoms with E-state index in [0.29, 0.717) is 0 Å². The Morgan fingerprint density at radius 1 is 1.38 bits per heavy atom. The van der Waals surface area contributed by atoms with E-state index in [1.54, 1.807) is 0 Å². The van der Waals surface area contributed by atoms with Gasteiger partial charge in [-0.2, -0.15) is 5.10 Å². The van der Waals surface area contributed by atoms with Crippen molar-refractivity contribution in [1.29, 1.82) is 0 Å². The number of rotatable bonds is 4. The first-order valence-electron chi connectivity index (χ1n) is 5.73. The zero-order valence-corrected chi connectivity index (χ0v) is 10.8. The van der Waals surface area contributed by atoms with E-state index >= 15 is 0 Å². The fraction of sp³-hybridized carbons (Fsp3) is 0.357. The zero-order valence-electron chi connectivity index (χ0n) is 10.8. The first kappa shape index (κ1) is 14.4. The Morgan fingerprint density at radius 3 is 2.44 bits per heavy atom. The van der Waals surface area contributed by atoms with Crippen LogP contribution in [-0.2, 0) is 6.42 Å². The highest BCUT2D eigenvalue weighted by molar-refractivity contribution is 5.65. The zero-order chi connectivity index (χ0) is 12.6. The molecule has 0 amide bonds. The Bertz CT molecular complexity index is 370. The molecule has 1 N–H and O–H groups in total. The predicted molar refractivity (Wildman–Crippen MR) is 73.3 cm³/mol. The lowest BCUT2D eigenvalue weighted by atomic mass is 10.1. The standard InChI is InChI=1S/C12H16N2.C2H6/c1-5-9(4)8-12-10(6-2)11(7-3)13-14-12;1-2/h5-6,8H,1-2,7H2,3-4H3,(H,13,14);1-2H3/b9-8-;. The highest BCUT2D eigenvalue weighted by atomic mass is 15.1. The molecule has 2 nitrogen and oxygen atoms in total. The lowest BCUT2D eigenvalue weighted by Gasteiger charge is -1.94. The van der Waals surface area contributed by atoms with Gasteiger partial charge in [-0.25, -0.2) is 0 Å². The highest BCUT2D eigenvalue weighted by Crippen LogP contribution is 2.16. The maximum atomic E-state index is 4.23. The van der Waals surface area contributed by atoms with Gasteiger partial charge in [-0.3, -0.25) is 5.10 Å². The largest absolute Gasteiger partial charge is 0.281 e. The average molecular weight is 218 g/mol. The minimum absolute atomic E-state index is 0.939. The molecule has 0 radical (unpaired) electrons. The van der Waals surface area contributed by atoms with Gasteiger partial charge < -0.3 is 0 Å². The van der Waals surface area contributed by atoms with Gasteiger partial charge in [-0.1, -0.05) is 46.1 Å². The lowest BCUT2D eigenvalue weighted by Crippen LogP contribution is -1.83. The van der Waals surface area contributed by atoms with Crippen LogP contribution in [-0.4, -0.2) is 10.2 Å². The van der Waals surface area contributed by atoms with Crippen LogP contribution in [0.2, 0.25) is 0 Å². The van der Waals surface area contributed by atoms with E-state index in [9.17, 15) is 0 Å². The van der Waals surface area contributed by atoms with Gasteiger partial charge >= 0.3 is 0 Å². The highest BCUT2D eigenvalue weighted by Gasteiger charge is 2.05. The van der Waals surface area contributed by atoms with E-state index < -0.39 is 0 Å². The van der Waals surface area contributed by atoms with Crippen molar-refractivity contribution < 1.29 is 0 Å². The second-order valence-electron chi connectivity index (χ2n) is 3.15. The number of aromatic amines is 1. The molecule has 0 bridgehead atoms. The summed E-state index contributed by atoms with van der Waals surface area (Å²) < 4.78 is 0. The van der Waals surface area contributed by atoms with Crippen LogP contribution in [0.3, 0.4) is 0 Å². The van der Waals surface area contributed by atoms with Crippen molar-refractivity contribution in [3.8, 4) is 0 Å². The van der Waals surface area contributed by atoms with E-state index in [1.165, 1.54) is 0 Å². The van der Waals surface area contributed by atoms with Gasteiger partial charge in [0.25, 0.3) is 0 Å². The SMILES string of the molecule is C=C/C(C)=C\c1n[nH]c(CC)c1C=C.CC. The fourth-order valence-corrected chi connectivity index (χ4v) is 1.28. The predicted octanol–water partition coefficient (Wildman–Crippen LogP) is 4.23. The molecule has 1 heterocycles. The summed E-state index contributed by atoms with van der Waals surface area (Å²) in [6, 6.07) is 0. The first-order chi connectivity index (χ1) is 7.72. The summed E-state index contributed by atoms with van der Waals surface area (Å²) in [6.07, 6.45) is 6.59. The Balaban J connectivity index is 0.00000106. The molecule has 1 aromatic rings. The molecule has 0 aliphatic rings. The second-order valence-corrected chi connectivity index (χ2v) is 3.15. The van der Waals surface area contributed by atoms with Gasteiger partial charge in [-0.05, 0) is 25.0 Å². The summed E-state index contributed by atoms with van der Waals surface area (Å²) in [7, 11) is 0. The number of allylic oxidation sites excluding steroid dienone is 2. The van der Waals surface area contributed by atoms with Crippen LogP contribution in [0.25, 0.3) is 12.2 Å². The minimum Gasteiger partial charge on any atom is -0.281 e. The van der Waals surface area contributed by atoms with Gasteiger partial charge in [0.05, 0.1) is 5.69 Å². The van der Waals surface area contributed by atoms with Crippen molar-refractivity contribution in [2.24, 2.45) is 0 Å². The first-order valence-corrected chi connectivity index (χ1v) is 5.73. The molecule has 2 heteroatoms. The van der Waals surface area contributed by atoms with Crippen LogP contribution in [0.5, 0.6) is 0 Å². The van der Waals surface area contributed by atoms with Crippen molar-refractivity contribution in [3.05, 3.63) is 41.8 Å². The van der Waals surface area contributed by atoms with E-state index in [0.717, 1.165) is 28.9 Å². The molecule has 0 spiro atoms. The number of hydrogen-bond donors (Lipinski definition) is 1. The molecule has 0 atom stereocenters.